The Morgan fingerprint density at radius 2 is 2.00 bits per heavy atom. The minimum absolute atomic E-state index is 0.235. The van der Waals surface area contributed by atoms with Crippen molar-refractivity contribution in [3.63, 3.8) is 0 Å². The molecule has 0 N–H and O–H groups in total. The molecule has 0 fully saturated rings. The van der Waals surface area contributed by atoms with E-state index in [-0.39, 0.29) is 12.3 Å². The average Bonchev–Trinajstić information content (AvgIpc) is 2.25. The number of amides is 1. The van der Waals surface area contributed by atoms with Gasteiger partial charge in [-0.3, -0.25) is 4.90 Å². The molecule has 0 aliphatic carbocycles. The number of halogens is 2. The van der Waals surface area contributed by atoms with Crippen molar-refractivity contribution in [3.05, 3.63) is 29.8 Å². The third-order valence-corrected chi connectivity index (χ3v) is 2.02. The van der Waals surface area contributed by atoms with Crippen LogP contribution in [0, 0.1) is 11.6 Å². The first-order chi connectivity index (χ1) is 7.60. The molecule has 0 spiro atoms. The lowest BCUT2D eigenvalue weighted by atomic mass is 10.3. The van der Waals surface area contributed by atoms with Crippen LogP contribution in [-0.2, 0) is 4.74 Å². The molecule has 0 aromatic heterocycles. The Labute approximate surface area is 92.6 Å². The molecule has 0 bridgehead atoms. The van der Waals surface area contributed by atoms with Crippen LogP contribution in [0.25, 0.3) is 0 Å². The lowest BCUT2D eigenvalue weighted by molar-refractivity contribution is 0.160. The topological polar surface area (TPSA) is 29.5 Å². The molecule has 1 rings (SSSR count). The fraction of sp³-hybridized carbons (Fsp3) is 0.364. The maximum atomic E-state index is 13.0. The summed E-state index contributed by atoms with van der Waals surface area (Å²) in [6.07, 6.45) is -0.573. The Morgan fingerprint density at radius 1 is 1.31 bits per heavy atom. The van der Waals surface area contributed by atoms with Crippen LogP contribution >= 0.6 is 0 Å². The van der Waals surface area contributed by atoms with E-state index >= 15 is 0 Å². The number of rotatable bonds is 3. The lowest BCUT2D eigenvalue weighted by Gasteiger charge is -2.20. The van der Waals surface area contributed by atoms with E-state index in [0.29, 0.717) is 6.54 Å². The zero-order valence-electron chi connectivity index (χ0n) is 9.17. The minimum Gasteiger partial charge on any atom is -0.449 e. The molecule has 5 heteroatoms. The quantitative estimate of drug-likeness (QED) is 0.797. The van der Waals surface area contributed by atoms with Crippen LogP contribution in [0.3, 0.4) is 0 Å². The maximum absolute atomic E-state index is 13.0. The van der Waals surface area contributed by atoms with Gasteiger partial charge in [0.25, 0.3) is 0 Å². The Bertz CT molecular complexity index is 382. The Hall–Kier alpha value is -1.65. The van der Waals surface area contributed by atoms with Crippen molar-refractivity contribution < 1.29 is 18.3 Å². The summed E-state index contributed by atoms with van der Waals surface area (Å²) in [6.45, 7) is 3.96. The smallest absolute Gasteiger partial charge is 0.414 e. The predicted molar refractivity (Wildman–Crippen MR) is 56.4 cm³/mol. The lowest BCUT2D eigenvalue weighted by Crippen LogP contribution is -2.31. The van der Waals surface area contributed by atoms with Crippen molar-refractivity contribution in [2.24, 2.45) is 0 Å². The van der Waals surface area contributed by atoms with Gasteiger partial charge in [0.1, 0.15) is 0 Å². The van der Waals surface area contributed by atoms with Gasteiger partial charge in [-0.25, -0.2) is 13.6 Å². The number of nitrogens with zero attached hydrogens (tertiary/aromatic N) is 1. The highest BCUT2D eigenvalue weighted by Crippen LogP contribution is 2.18. The summed E-state index contributed by atoms with van der Waals surface area (Å²) in [5.41, 5.74) is 0.278. The van der Waals surface area contributed by atoms with E-state index in [1.54, 1.807) is 13.8 Å². The number of carbonyl (C=O) groups excluding carboxylic acids is 1. The molecule has 1 amide bonds. The fourth-order valence-electron chi connectivity index (χ4n) is 1.27. The molecule has 1 aromatic carbocycles. The van der Waals surface area contributed by atoms with Crippen molar-refractivity contribution in [1.29, 1.82) is 0 Å². The van der Waals surface area contributed by atoms with E-state index in [0.717, 1.165) is 12.1 Å². The van der Waals surface area contributed by atoms with Gasteiger partial charge in [0, 0.05) is 12.6 Å². The highest BCUT2D eigenvalue weighted by Gasteiger charge is 2.16. The predicted octanol–water partition coefficient (Wildman–Crippen LogP) is 2.95. The molecule has 3 nitrogen and oxygen atoms in total. The summed E-state index contributed by atoms with van der Waals surface area (Å²) in [5, 5.41) is 0. The van der Waals surface area contributed by atoms with Crippen molar-refractivity contribution in [3.8, 4) is 0 Å². The van der Waals surface area contributed by atoms with Crippen molar-refractivity contribution in [2.45, 2.75) is 13.8 Å². The number of anilines is 1. The first-order valence-electron chi connectivity index (χ1n) is 4.99. The molecule has 0 atom stereocenters. The van der Waals surface area contributed by atoms with Gasteiger partial charge in [0.05, 0.1) is 12.3 Å². The Morgan fingerprint density at radius 3 is 2.50 bits per heavy atom. The van der Waals surface area contributed by atoms with Gasteiger partial charge >= 0.3 is 6.09 Å². The number of hydrogen-bond acceptors (Lipinski definition) is 2. The summed E-state index contributed by atoms with van der Waals surface area (Å²) in [4.78, 5) is 12.7. The number of carbonyl (C=O) groups is 1. The molecule has 16 heavy (non-hydrogen) atoms. The highest BCUT2D eigenvalue weighted by molar-refractivity contribution is 5.87. The number of ether oxygens (including phenoxy) is 1. The molecule has 0 saturated carbocycles. The molecular weight excluding hydrogens is 216 g/mol. The van der Waals surface area contributed by atoms with E-state index < -0.39 is 17.7 Å². The molecule has 0 unspecified atom stereocenters. The monoisotopic (exact) mass is 229 g/mol. The van der Waals surface area contributed by atoms with Crippen LogP contribution in [0.4, 0.5) is 19.3 Å². The average molecular weight is 229 g/mol. The van der Waals surface area contributed by atoms with Gasteiger partial charge in [-0.05, 0) is 26.0 Å². The van der Waals surface area contributed by atoms with E-state index in [1.165, 1.54) is 11.0 Å². The molecule has 0 aliphatic heterocycles. The Kier molecular flexibility index (Phi) is 4.22. The minimum atomic E-state index is -0.986. The summed E-state index contributed by atoms with van der Waals surface area (Å²) < 4.78 is 30.5. The number of benzene rings is 1. The molecule has 0 saturated heterocycles. The highest BCUT2D eigenvalue weighted by atomic mass is 19.2. The van der Waals surface area contributed by atoms with Crippen LogP contribution < -0.4 is 4.90 Å². The van der Waals surface area contributed by atoms with Crippen LogP contribution in [0.1, 0.15) is 13.8 Å². The van der Waals surface area contributed by atoms with E-state index in [1.807, 2.05) is 0 Å². The molecule has 0 heterocycles. The molecule has 0 aliphatic rings. The van der Waals surface area contributed by atoms with Gasteiger partial charge in [0.2, 0.25) is 0 Å². The summed E-state index contributed by atoms with van der Waals surface area (Å²) in [5.74, 6) is -1.93. The van der Waals surface area contributed by atoms with E-state index in [9.17, 15) is 13.6 Å². The SMILES string of the molecule is CCOC(=O)N(CC)c1ccc(F)c(F)c1. The first kappa shape index (κ1) is 12.4. The first-order valence-corrected chi connectivity index (χ1v) is 4.99. The van der Waals surface area contributed by atoms with Gasteiger partial charge in [-0.1, -0.05) is 0 Å². The van der Waals surface area contributed by atoms with Crippen LogP contribution in [-0.4, -0.2) is 19.2 Å². The molecule has 88 valence electrons. The fourth-order valence-corrected chi connectivity index (χ4v) is 1.27. The second-order valence-corrected chi connectivity index (χ2v) is 3.04. The van der Waals surface area contributed by atoms with Crippen LogP contribution in [0.2, 0.25) is 0 Å². The third-order valence-electron chi connectivity index (χ3n) is 2.02. The van der Waals surface area contributed by atoms with Crippen molar-refractivity contribution >= 4 is 11.8 Å². The normalized spacial score (nSPS) is 10.0. The second-order valence-electron chi connectivity index (χ2n) is 3.04. The van der Waals surface area contributed by atoms with Gasteiger partial charge in [0.15, 0.2) is 11.6 Å². The zero-order chi connectivity index (χ0) is 12.1. The summed E-state index contributed by atoms with van der Waals surface area (Å²) >= 11 is 0. The molecular formula is C11H13F2NO2. The van der Waals surface area contributed by atoms with Crippen LogP contribution in [0.15, 0.2) is 18.2 Å². The molecule has 0 radical (unpaired) electrons. The summed E-state index contributed by atoms with van der Waals surface area (Å²) in [7, 11) is 0. The van der Waals surface area contributed by atoms with Crippen molar-refractivity contribution in [1.82, 2.24) is 0 Å². The zero-order valence-corrected chi connectivity index (χ0v) is 9.17. The van der Waals surface area contributed by atoms with Gasteiger partial charge < -0.3 is 4.74 Å². The maximum Gasteiger partial charge on any atom is 0.414 e. The van der Waals surface area contributed by atoms with Crippen LogP contribution in [0.5, 0.6) is 0 Å². The second kappa shape index (κ2) is 5.44. The van der Waals surface area contributed by atoms with E-state index in [2.05, 4.69) is 0 Å². The molecule has 1 aromatic rings. The van der Waals surface area contributed by atoms with Crippen molar-refractivity contribution in [2.75, 3.05) is 18.1 Å². The summed E-state index contributed by atoms with van der Waals surface area (Å²) in [6, 6.07) is 3.28. The van der Waals surface area contributed by atoms with Gasteiger partial charge in [-0.15, -0.1) is 0 Å². The van der Waals surface area contributed by atoms with E-state index in [4.69, 9.17) is 4.74 Å². The van der Waals surface area contributed by atoms with Gasteiger partial charge in [-0.2, -0.15) is 0 Å². The largest absolute Gasteiger partial charge is 0.449 e. The standard InChI is InChI=1S/C11H13F2NO2/c1-3-14(11(15)16-4-2)8-5-6-9(12)10(13)7-8/h5-7H,3-4H2,1-2H3. The Balaban J connectivity index is 2.95. The number of hydrogen-bond donors (Lipinski definition) is 0. The third kappa shape index (κ3) is 2.68.